The number of hydrogen-bond donors (Lipinski definition) is 1. The van der Waals surface area contributed by atoms with Gasteiger partial charge in [-0.2, -0.15) is 0 Å². The Morgan fingerprint density at radius 2 is 1.67 bits per heavy atom. The van der Waals surface area contributed by atoms with Crippen LogP contribution >= 0.6 is 0 Å². The second-order valence-electron chi connectivity index (χ2n) is 5.69. The average molecular weight is 366 g/mol. The van der Waals surface area contributed by atoms with Gasteiger partial charge in [0, 0.05) is 17.0 Å². The molecule has 0 aliphatic heterocycles. The molecule has 27 heavy (non-hydrogen) atoms. The second-order valence-corrected chi connectivity index (χ2v) is 5.69. The van der Waals surface area contributed by atoms with Gasteiger partial charge < -0.3 is 14.8 Å². The first-order valence-electron chi connectivity index (χ1n) is 8.19. The zero-order valence-electron chi connectivity index (χ0n) is 14.9. The summed E-state index contributed by atoms with van der Waals surface area (Å²) in [5.74, 6) is -0.554. The number of hydrogen-bond acceptors (Lipinski definition) is 5. The predicted molar refractivity (Wildman–Crippen MR) is 100 cm³/mol. The molecule has 0 aliphatic carbocycles. The number of benzene rings is 2. The third-order valence-electron chi connectivity index (χ3n) is 4.13. The van der Waals surface area contributed by atoms with Crippen LogP contribution in [0.1, 0.15) is 10.4 Å². The Morgan fingerprint density at radius 1 is 1.00 bits per heavy atom. The summed E-state index contributed by atoms with van der Waals surface area (Å²) in [7, 11) is 2.75. The molecule has 7 heteroatoms. The molecule has 3 rings (SSSR count). The number of esters is 1. The minimum Gasteiger partial charge on any atom is -0.495 e. The smallest absolute Gasteiger partial charge is 0.325 e. The summed E-state index contributed by atoms with van der Waals surface area (Å²) in [5, 5.41) is 3.39. The van der Waals surface area contributed by atoms with E-state index >= 15 is 0 Å². The van der Waals surface area contributed by atoms with Gasteiger partial charge >= 0.3 is 5.97 Å². The van der Waals surface area contributed by atoms with Crippen molar-refractivity contribution < 1.29 is 19.1 Å². The number of amides is 1. The fourth-order valence-corrected chi connectivity index (χ4v) is 2.80. The molecule has 3 aromatic rings. The molecule has 1 heterocycles. The van der Waals surface area contributed by atoms with E-state index < -0.39 is 11.9 Å². The SMILES string of the molecule is COC(=O)CNC(=O)c1cn(-c2ccccc2OC)c(=O)c2ccccc12. The van der Waals surface area contributed by atoms with Gasteiger partial charge in [0.2, 0.25) is 0 Å². The Kier molecular flexibility index (Phi) is 5.21. The van der Waals surface area contributed by atoms with Crippen molar-refractivity contribution in [2.75, 3.05) is 20.8 Å². The summed E-state index contributed by atoms with van der Waals surface area (Å²) < 4.78 is 11.2. The van der Waals surface area contributed by atoms with E-state index in [9.17, 15) is 14.4 Å². The number of methoxy groups -OCH3 is 2. The average Bonchev–Trinajstić information content (AvgIpc) is 2.72. The van der Waals surface area contributed by atoms with E-state index in [1.54, 1.807) is 48.5 Å². The normalized spacial score (nSPS) is 10.4. The van der Waals surface area contributed by atoms with Crippen molar-refractivity contribution >= 4 is 22.6 Å². The number of carbonyl (C=O) groups excluding carboxylic acids is 2. The van der Waals surface area contributed by atoms with Crippen LogP contribution in [-0.4, -0.2) is 37.2 Å². The van der Waals surface area contributed by atoms with Gasteiger partial charge in [0.1, 0.15) is 12.3 Å². The maximum Gasteiger partial charge on any atom is 0.325 e. The van der Waals surface area contributed by atoms with Gasteiger partial charge in [0.05, 0.1) is 25.5 Å². The van der Waals surface area contributed by atoms with Gasteiger partial charge in [-0.3, -0.25) is 19.0 Å². The van der Waals surface area contributed by atoms with Crippen molar-refractivity contribution in [1.82, 2.24) is 9.88 Å². The topological polar surface area (TPSA) is 86.6 Å². The van der Waals surface area contributed by atoms with E-state index in [-0.39, 0.29) is 17.7 Å². The number of aromatic nitrogens is 1. The van der Waals surface area contributed by atoms with Gasteiger partial charge in [-0.15, -0.1) is 0 Å². The van der Waals surface area contributed by atoms with Crippen molar-refractivity contribution in [1.29, 1.82) is 0 Å². The highest BCUT2D eigenvalue weighted by atomic mass is 16.5. The zero-order valence-corrected chi connectivity index (χ0v) is 14.9. The second kappa shape index (κ2) is 7.74. The minimum absolute atomic E-state index is 0.264. The molecule has 0 aliphatic rings. The summed E-state index contributed by atoms with van der Waals surface area (Å²) >= 11 is 0. The lowest BCUT2D eigenvalue weighted by atomic mass is 10.1. The van der Waals surface area contributed by atoms with Crippen LogP contribution in [0.15, 0.2) is 59.5 Å². The quantitative estimate of drug-likeness (QED) is 0.697. The molecule has 7 nitrogen and oxygen atoms in total. The first kappa shape index (κ1) is 18.2. The molecule has 138 valence electrons. The third-order valence-corrected chi connectivity index (χ3v) is 4.13. The van der Waals surface area contributed by atoms with Crippen LogP contribution in [0.2, 0.25) is 0 Å². The maximum absolute atomic E-state index is 13.0. The first-order valence-corrected chi connectivity index (χ1v) is 8.19. The van der Waals surface area contributed by atoms with E-state index in [0.717, 1.165) is 0 Å². The zero-order chi connectivity index (χ0) is 19.4. The molecule has 1 N–H and O–H groups in total. The van der Waals surface area contributed by atoms with Crippen LogP contribution in [0.25, 0.3) is 16.5 Å². The molecule has 1 amide bonds. The Labute approximate surface area is 155 Å². The lowest BCUT2D eigenvalue weighted by Gasteiger charge is -2.14. The van der Waals surface area contributed by atoms with Gasteiger partial charge in [0.25, 0.3) is 11.5 Å². The van der Waals surface area contributed by atoms with Crippen molar-refractivity contribution in [2.24, 2.45) is 0 Å². The minimum atomic E-state index is -0.564. The van der Waals surface area contributed by atoms with Crippen molar-refractivity contribution in [3.05, 3.63) is 70.6 Å². The predicted octanol–water partition coefficient (Wildman–Crippen LogP) is 1.90. The summed E-state index contributed by atoms with van der Waals surface area (Å²) in [6, 6.07) is 13.8. The molecule has 0 atom stereocenters. The van der Waals surface area contributed by atoms with Crippen LogP contribution in [0, 0.1) is 0 Å². The monoisotopic (exact) mass is 366 g/mol. The summed E-state index contributed by atoms with van der Waals surface area (Å²) in [6.07, 6.45) is 1.45. The van der Waals surface area contributed by atoms with Gasteiger partial charge in [-0.05, 0) is 18.2 Å². The Balaban J connectivity index is 2.19. The van der Waals surface area contributed by atoms with E-state index in [0.29, 0.717) is 22.2 Å². The van der Waals surface area contributed by atoms with Crippen LogP contribution in [0.5, 0.6) is 5.75 Å². The molecule has 0 bridgehead atoms. The van der Waals surface area contributed by atoms with Gasteiger partial charge in [-0.25, -0.2) is 0 Å². The third kappa shape index (κ3) is 3.52. The first-order chi connectivity index (χ1) is 13.1. The maximum atomic E-state index is 13.0. The standard InChI is InChI=1S/C20H18N2O5/c1-26-17-10-6-5-9-16(17)22-12-15(19(24)21-11-18(23)27-2)13-7-3-4-8-14(13)20(22)25/h3-10,12H,11H2,1-2H3,(H,21,24). The summed E-state index contributed by atoms with van der Waals surface area (Å²) in [5.41, 5.74) is 0.498. The largest absolute Gasteiger partial charge is 0.495 e. The molecule has 2 aromatic carbocycles. The number of fused-ring (bicyclic) bond motifs is 1. The van der Waals surface area contributed by atoms with E-state index in [4.69, 9.17) is 4.74 Å². The molecule has 0 fully saturated rings. The summed E-state index contributed by atoms with van der Waals surface area (Å²) in [6.45, 7) is -0.266. The van der Waals surface area contributed by atoms with Crippen molar-refractivity contribution in [3.8, 4) is 11.4 Å². The molecule has 0 saturated heterocycles. The highest BCUT2D eigenvalue weighted by Crippen LogP contribution is 2.23. The number of nitrogens with one attached hydrogen (secondary N) is 1. The molecule has 0 saturated carbocycles. The van der Waals surface area contributed by atoms with Gasteiger partial charge in [-0.1, -0.05) is 30.3 Å². The van der Waals surface area contributed by atoms with E-state index in [1.165, 1.54) is 25.0 Å². The van der Waals surface area contributed by atoms with E-state index in [2.05, 4.69) is 10.1 Å². The number of para-hydroxylation sites is 2. The lowest BCUT2D eigenvalue weighted by Crippen LogP contribution is -2.31. The van der Waals surface area contributed by atoms with Crippen LogP contribution in [-0.2, 0) is 9.53 Å². The molecular formula is C20H18N2O5. The molecule has 0 radical (unpaired) electrons. The number of nitrogens with zero attached hydrogens (tertiary/aromatic N) is 1. The Bertz CT molecular complexity index is 1070. The van der Waals surface area contributed by atoms with Crippen LogP contribution in [0.3, 0.4) is 0 Å². The highest BCUT2D eigenvalue weighted by molar-refractivity contribution is 6.07. The molecular weight excluding hydrogens is 348 g/mol. The van der Waals surface area contributed by atoms with E-state index in [1.807, 2.05) is 0 Å². The fourth-order valence-electron chi connectivity index (χ4n) is 2.80. The fraction of sp³-hybridized carbons (Fsp3) is 0.150. The van der Waals surface area contributed by atoms with Crippen LogP contribution in [0.4, 0.5) is 0 Å². The summed E-state index contributed by atoms with van der Waals surface area (Å²) in [4.78, 5) is 37.0. The van der Waals surface area contributed by atoms with Crippen molar-refractivity contribution in [3.63, 3.8) is 0 Å². The van der Waals surface area contributed by atoms with Crippen molar-refractivity contribution in [2.45, 2.75) is 0 Å². The lowest BCUT2D eigenvalue weighted by molar-refractivity contribution is -0.139. The van der Waals surface area contributed by atoms with Gasteiger partial charge in [0.15, 0.2) is 0 Å². The highest BCUT2D eigenvalue weighted by Gasteiger charge is 2.17. The molecule has 0 unspecified atom stereocenters. The number of carbonyl (C=O) groups is 2. The molecule has 1 aromatic heterocycles. The Hall–Kier alpha value is -3.61. The number of pyridine rings is 1. The number of ether oxygens (including phenoxy) is 2. The van der Waals surface area contributed by atoms with Crippen LogP contribution < -0.4 is 15.6 Å². The Morgan fingerprint density at radius 3 is 2.37 bits per heavy atom. The number of rotatable bonds is 5. The molecule has 0 spiro atoms.